The highest BCUT2D eigenvalue weighted by molar-refractivity contribution is 5.33. The number of hydrogen-bond acceptors (Lipinski definition) is 8. The van der Waals surface area contributed by atoms with Crippen LogP contribution in [-0.4, -0.2) is 32.0 Å². The Kier molecular flexibility index (Phi) is 4.34. The van der Waals surface area contributed by atoms with Crippen LogP contribution in [0.1, 0.15) is 0 Å². The largest absolute Gasteiger partial charge is 0.371 e. The highest BCUT2D eigenvalue weighted by atomic mass is 16.5. The summed E-state index contributed by atoms with van der Waals surface area (Å²) in [6.45, 7) is -0.750. The number of aromatic nitrogens is 3. The number of aliphatic hydroxyl groups is 2. The average molecular weight is 174 g/mol. The van der Waals surface area contributed by atoms with Gasteiger partial charge in [0.2, 0.25) is 17.8 Å². The first-order chi connectivity index (χ1) is 5.60. The van der Waals surface area contributed by atoms with Crippen molar-refractivity contribution in [3.63, 3.8) is 0 Å². The lowest BCUT2D eigenvalue weighted by atomic mass is 10.9. The molecule has 0 fully saturated rings. The number of anilines is 3. The van der Waals surface area contributed by atoms with Crippen LogP contribution in [0.25, 0.3) is 0 Å². The third-order valence-corrected chi connectivity index (χ3v) is 0.687. The van der Waals surface area contributed by atoms with Crippen molar-refractivity contribution >= 4 is 17.8 Å². The van der Waals surface area contributed by atoms with E-state index in [0.717, 1.165) is 0 Å². The molecule has 1 aromatic heterocycles. The molecule has 8 N–H and O–H groups in total. The van der Waals surface area contributed by atoms with Crippen LogP contribution < -0.4 is 17.2 Å². The van der Waals surface area contributed by atoms with Crippen molar-refractivity contribution in [3.05, 3.63) is 0 Å². The Balaban J connectivity index is 0.000000354. The topological polar surface area (TPSA) is 157 Å². The van der Waals surface area contributed by atoms with Crippen LogP contribution in [0.15, 0.2) is 0 Å². The van der Waals surface area contributed by atoms with Gasteiger partial charge in [0, 0.05) is 0 Å². The summed E-state index contributed by atoms with van der Waals surface area (Å²) >= 11 is 0. The molecule has 8 nitrogen and oxygen atoms in total. The van der Waals surface area contributed by atoms with Gasteiger partial charge in [0.25, 0.3) is 0 Å². The zero-order valence-corrected chi connectivity index (χ0v) is 6.18. The molecule has 0 atom stereocenters. The Morgan fingerprint density at radius 1 is 0.833 bits per heavy atom. The van der Waals surface area contributed by atoms with Crippen LogP contribution >= 0.6 is 0 Å². The Morgan fingerprint density at radius 2 is 1.00 bits per heavy atom. The highest BCUT2D eigenvalue weighted by Crippen LogP contribution is 1.97. The van der Waals surface area contributed by atoms with E-state index in [1.54, 1.807) is 0 Å². The summed E-state index contributed by atoms with van der Waals surface area (Å²) in [6, 6.07) is 0. The molecular formula is C4H10N6O2. The molecule has 0 spiro atoms. The minimum absolute atomic E-state index is 0.0417. The number of nitrogen functional groups attached to an aromatic ring is 3. The number of nitrogens with zero attached hydrogens (tertiary/aromatic N) is 3. The van der Waals surface area contributed by atoms with Crippen LogP contribution in [0.4, 0.5) is 17.8 Å². The van der Waals surface area contributed by atoms with E-state index in [4.69, 9.17) is 27.4 Å². The molecule has 0 amide bonds. The van der Waals surface area contributed by atoms with Crippen LogP contribution in [0.2, 0.25) is 0 Å². The predicted octanol–water partition coefficient (Wildman–Crippen LogP) is -2.45. The van der Waals surface area contributed by atoms with Gasteiger partial charge in [-0.3, -0.25) is 0 Å². The summed E-state index contributed by atoms with van der Waals surface area (Å²) < 4.78 is 0. The average Bonchev–Trinajstić information content (AvgIpc) is 1.84. The molecule has 1 aromatic rings. The van der Waals surface area contributed by atoms with Gasteiger partial charge < -0.3 is 27.4 Å². The first-order valence-electron chi connectivity index (χ1n) is 2.84. The highest BCUT2D eigenvalue weighted by Gasteiger charge is 1.93. The van der Waals surface area contributed by atoms with Gasteiger partial charge in [-0.25, -0.2) is 0 Å². The maximum absolute atomic E-state index is 7.12. The van der Waals surface area contributed by atoms with E-state index < -0.39 is 6.79 Å². The zero-order chi connectivity index (χ0) is 9.56. The number of aliphatic hydroxyl groups excluding tert-OH is 1. The molecule has 0 bridgehead atoms. The Hall–Kier alpha value is -1.67. The molecule has 0 aliphatic carbocycles. The third kappa shape index (κ3) is 4.19. The third-order valence-electron chi connectivity index (χ3n) is 0.687. The van der Waals surface area contributed by atoms with Crippen LogP contribution in [0.5, 0.6) is 0 Å². The second-order valence-corrected chi connectivity index (χ2v) is 1.55. The minimum atomic E-state index is -0.750. The number of hydrogen-bond donors (Lipinski definition) is 5. The van der Waals surface area contributed by atoms with Gasteiger partial charge in [0.05, 0.1) is 0 Å². The minimum Gasteiger partial charge on any atom is -0.371 e. The van der Waals surface area contributed by atoms with Crippen molar-refractivity contribution < 1.29 is 10.2 Å². The fourth-order valence-electron chi connectivity index (χ4n) is 0.427. The van der Waals surface area contributed by atoms with Crippen LogP contribution in [0, 0.1) is 0 Å². The molecule has 8 heteroatoms. The van der Waals surface area contributed by atoms with E-state index in [2.05, 4.69) is 15.0 Å². The monoisotopic (exact) mass is 174 g/mol. The lowest BCUT2D eigenvalue weighted by Gasteiger charge is -1.93. The summed E-state index contributed by atoms with van der Waals surface area (Å²) in [5.41, 5.74) is 15.4. The lowest BCUT2D eigenvalue weighted by molar-refractivity contribution is 0.0773. The molecule has 0 radical (unpaired) electrons. The smallest absolute Gasteiger partial charge is 0.226 e. The quantitative estimate of drug-likeness (QED) is 0.271. The van der Waals surface area contributed by atoms with Crippen molar-refractivity contribution in [2.45, 2.75) is 0 Å². The lowest BCUT2D eigenvalue weighted by Crippen LogP contribution is -2.05. The summed E-state index contributed by atoms with van der Waals surface area (Å²) in [6.07, 6.45) is 0. The van der Waals surface area contributed by atoms with Gasteiger partial charge >= 0.3 is 0 Å². The van der Waals surface area contributed by atoms with Crippen molar-refractivity contribution in [3.8, 4) is 0 Å². The normalized spacial score (nSPS) is 8.50. The first kappa shape index (κ1) is 10.3. The van der Waals surface area contributed by atoms with Crippen LogP contribution in [0.3, 0.4) is 0 Å². The van der Waals surface area contributed by atoms with E-state index in [9.17, 15) is 0 Å². The van der Waals surface area contributed by atoms with E-state index >= 15 is 0 Å². The first-order valence-corrected chi connectivity index (χ1v) is 2.84. The van der Waals surface area contributed by atoms with Crippen molar-refractivity contribution in [1.82, 2.24) is 15.0 Å². The van der Waals surface area contributed by atoms with E-state index in [1.807, 2.05) is 0 Å². The van der Waals surface area contributed by atoms with Gasteiger partial charge in [-0.1, -0.05) is 0 Å². The maximum atomic E-state index is 7.12. The fourth-order valence-corrected chi connectivity index (χ4v) is 0.427. The zero-order valence-electron chi connectivity index (χ0n) is 6.18. The molecule has 0 saturated heterocycles. The number of nitrogens with two attached hydrogens (primary N) is 3. The summed E-state index contributed by atoms with van der Waals surface area (Å²) in [5.74, 6) is 0.125. The van der Waals surface area contributed by atoms with E-state index in [-0.39, 0.29) is 17.8 Å². The molecule has 1 rings (SSSR count). The number of rotatable bonds is 0. The molecule has 0 saturated carbocycles. The van der Waals surface area contributed by atoms with E-state index in [0.29, 0.717) is 0 Å². The molecule has 0 unspecified atom stereocenters. The summed E-state index contributed by atoms with van der Waals surface area (Å²) in [4.78, 5) is 10.5. The second kappa shape index (κ2) is 5.04. The maximum Gasteiger partial charge on any atom is 0.226 e. The van der Waals surface area contributed by atoms with Crippen molar-refractivity contribution in [1.29, 1.82) is 0 Å². The standard InChI is InChI=1S/C3H6N6.CH4O2/c4-1-7-2(5)9-3(6)8-1;2-1-3/h(H6,4,5,6,7,8,9);2-3H,1H2. The second-order valence-electron chi connectivity index (χ2n) is 1.55. The SMILES string of the molecule is Nc1nc(N)nc(N)n1.OCO. The molecule has 0 aliphatic rings. The molecule has 12 heavy (non-hydrogen) atoms. The van der Waals surface area contributed by atoms with Gasteiger partial charge in [0.15, 0.2) is 0 Å². The van der Waals surface area contributed by atoms with Gasteiger partial charge in [-0.15, -0.1) is 0 Å². The Labute approximate surface area is 68.1 Å². The predicted molar refractivity (Wildman–Crippen MR) is 42.4 cm³/mol. The van der Waals surface area contributed by atoms with Gasteiger partial charge in [0.1, 0.15) is 6.79 Å². The Bertz CT molecular complexity index is 191. The molecule has 0 aromatic carbocycles. The van der Waals surface area contributed by atoms with Gasteiger partial charge in [-0.05, 0) is 0 Å². The van der Waals surface area contributed by atoms with Crippen LogP contribution in [-0.2, 0) is 0 Å². The van der Waals surface area contributed by atoms with Gasteiger partial charge in [-0.2, -0.15) is 15.0 Å². The van der Waals surface area contributed by atoms with Crippen molar-refractivity contribution in [2.24, 2.45) is 0 Å². The molecule has 1 heterocycles. The van der Waals surface area contributed by atoms with E-state index in [1.165, 1.54) is 0 Å². The molecular weight excluding hydrogens is 164 g/mol. The molecule has 0 aliphatic heterocycles. The summed E-state index contributed by atoms with van der Waals surface area (Å²) in [7, 11) is 0. The fraction of sp³-hybridized carbons (Fsp3) is 0.250. The Morgan fingerprint density at radius 3 is 1.17 bits per heavy atom. The molecule has 68 valence electrons. The van der Waals surface area contributed by atoms with Crippen molar-refractivity contribution in [2.75, 3.05) is 24.0 Å². The summed E-state index contributed by atoms with van der Waals surface area (Å²) in [5, 5.41) is 14.2.